The first-order chi connectivity index (χ1) is 13.0. The maximum atomic E-state index is 12.6. The molecule has 0 aliphatic carbocycles. The fraction of sp³-hybridized carbons (Fsp3) is 0.647. The average molecular weight is 410 g/mol. The highest BCUT2D eigenvalue weighted by molar-refractivity contribution is 5.76. The molecular weight excluding hydrogens is 390 g/mol. The Balaban J connectivity index is 1.51. The second-order valence-corrected chi connectivity index (χ2v) is 7.11. The van der Waals surface area contributed by atoms with Crippen molar-refractivity contribution >= 4 is 11.7 Å². The van der Waals surface area contributed by atoms with Gasteiger partial charge in [-0.3, -0.25) is 9.69 Å². The molecule has 0 radical (unpaired) electrons. The van der Waals surface area contributed by atoms with E-state index in [1.165, 1.54) is 11.0 Å². The number of halogens is 6. The molecule has 156 valence electrons. The van der Waals surface area contributed by atoms with Crippen LogP contribution >= 0.6 is 0 Å². The second kappa shape index (κ2) is 7.76. The molecule has 1 aromatic heterocycles. The number of carbonyl (C=O) groups excluding carboxylic acids is 1. The third-order valence-electron chi connectivity index (χ3n) is 5.03. The van der Waals surface area contributed by atoms with Gasteiger partial charge in [0.25, 0.3) is 0 Å². The van der Waals surface area contributed by atoms with Gasteiger partial charge < -0.3 is 10.2 Å². The van der Waals surface area contributed by atoms with Crippen LogP contribution in [0, 0.1) is 0 Å². The summed E-state index contributed by atoms with van der Waals surface area (Å²) in [5.74, 6) is -0.172. The molecule has 3 rings (SSSR count). The zero-order valence-corrected chi connectivity index (χ0v) is 14.9. The topological polar surface area (TPSA) is 48.5 Å². The van der Waals surface area contributed by atoms with Crippen molar-refractivity contribution < 1.29 is 31.1 Å². The molecule has 0 unspecified atom stereocenters. The lowest BCUT2D eigenvalue weighted by molar-refractivity contribution is -0.150. The Morgan fingerprint density at radius 3 is 2.50 bits per heavy atom. The first-order valence-corrected chi connectivity index (χ1v) is 8.89. The molecule has 2 fully saturated rings. The molecule has 11 heteroatoms. The molecule has 28 heavy (non-hydrogen) atoms. The number of hydrogen-bond acceptors (Lipinski definition) is 4. The lowest BCUT2D eigenvalue weighted by Gasteiger charge is -2.37. The van der Waals surface area contributed by atoms with E-state index in [-0.39, 0.29) is 12.1 Å². The molecule has 0 aromatic carbocycles. The number of nitrogens with one attached hydrogen (secondary N) is 1. The van der Waals surface area contributed by atoms with Crippen molar-refractivity contribution in [3.63, 3.8) is 0 Å². The van der Waals surface area contributed by atoms with Gasteiger partial charge in [0.15, 0.2) is 0 Å². The van der Waals surface area contributed by atoms with Crippen molar-refractivity contribution in [1.29, 1.82) is 0 Å². The van der Waals surface area contributed by atoms with Crippen molar-refractivity contribution in [3.05, 3.63) is 23.9 Å². The molecule has 5 nitrogen and oxygen atoms in total. The van der Waals surface area contributed by atoms with Crippen LogP contribution in [0.5, 0.6) is 0 Å². The predicted molar refractivity (Wildman–Crippen MR) is 88.5 cm³/mol. The van der Waals surface area contributed by atoms with Crippen LogP contribution in [-0.2, 0) is 11.0 Å². The summed E-state index contributed by atoms with van der Waals surface area (Å²) >= 11 is 0. The van der Waals surface area contributed by atoms with E-state index in [4.69, 9.17) is 0 Å². The van der Waals surface area contributed by atoms with Gasteiger partial charge in [-0.1, -0.05) is 0 Å². The normalized spacial score (nSPS) is 23.6. The van der Waals surface area contributed by atoms with Crippen LogP contribution < -0.4 is 5.32 Å². The molecule has 1 amide bonds. The number of piperazine rings is 1. The molecule has 3 heterocycles. The number of hydrogen-bond donors (Lipinski definition) is 1. The zero-order chi connectivity index (χ0) is 20.5. The fourth-order valence-corrected chi connectivity index (χ4v) is 3.64. The zero-order valence-electron chi connectivity index (χ0n) is 14.9. The second-order valence-electron chi connectivity index (χ2n) is 7.11. The number of fused-ring (bicyclic) bond motifs is 1. The van der Waals surface area contributed by atoms with Gasteiger partial charge in [-0.05, 0) is 18.6 Å². The third-order valence-corrected chi connectivity index (χ3v) is 5.03. The Bertz CT molecular complexity index is 690. The number of pyridine rings is 1. The van der Waals surface area contributed by atoms with Crippen molar-refractivity contribution in [2.45, 2.75) is 43.7 Å². The van der Waals surface area contributed by atoms with Gasteiger partial charge in [0.1, 0.15) is 5.82 Å². The van der Waals surface area contributed by atoms with Crippen molar-refractivity contribution in [2.75, 3.05) is 31.5 Å². The molecule has 2 saturated heterocycles. The Hall–Kier alpha value is -2.04. The van der Waals surface area contributed by atoms with Crippen LogP contribution in [0.15, 0.2) is 18.3 Å². The van der Waals surface area contributed by atoms with Crippen LogP contribution in [0.1, 0.15) is 24.8 Å². The number of rotatable bonds is 4. The lowest BCUT2D eigenvalue weighted by atomic mass is 10.1. The molecule has 2 atom stereocenters. The van der Waals surface area contributed by atoms with Gasteiger partial charge in [-0.2, -0.15) is 26.3 Å². The number of aromatic nitrogens is 1. The van der Waals surface area contributed by atoms with Crippen LogP contribution in [0.25, 0.3) is 0 Å². The molecular formula is C17H20F6N4O. The van der Waals surface area contributed by atoms with E-state index in [2.05, 4.69) is 15.2 Å². The molecule has 0 spiro atoms. The average Bonchev–Trinajstić information content (AvgIpc) is 3.00. The van der Waals surface area contributed by atoms with Gasteiger partial charge in [0.05, 0.1) is 12.0 Å². The maximum absolute atomic E-state index is 12.6. The number of anilines is 1. The van der Waals surface area contributed by atoms with Crippen LogP contribution in [0.2, 0.25) is 0 Å². The molecule has 0 saturated carbocycles. The highest BCUT2D eigenvalue weighted by Gasteiger charge is 2.38. The molecule has 2 aliphatic rings. The molecule has 2 aliphatic heterocycles. The molecule has 1 N–H and O–H groups in total. The Morgan fingerprint density at radius 1 is 1.14 bits per heavy atom. The molecule has 0 bridgehead atoms. The van der Waals surface area contributed by atoms with Crippen LogP contribution in [0.4, 0.5) is 32.2 Å². The summed E-state index contributed by atoms with van der Waals surface area (Å²) in [6, 6.07) is 2.18. The largest absolute Gasteiger partial charge is 0.417 e. The smallest absolute Gasteiger partial charge is 0.366 e. The predicted octanol–water partition coefficient (Wildman–Crippen LogP) is 3.14. The summed E-state index contributed by atoms with van der Waals surface area (Å²) in [6.07, 6.45) is -9.07. The van der Waals surface area contributed by atoms with Crippen molar-refractivity contribution in [2.24, 2.45) is 0 Å². The summed E-state index contributed by atoms with van der Waals surface area (Å²) < 4.78 is 74.6. The summed E-state index contributed by atoms with van der Waals surface area (Å²) in [6.45, 7) is 1.92. The fourth-order valence-electron chi connectivity index (χ4n) is 3.64. The van der Waals surface area contributed by atoms with Crippen molar-refractivity contribution in [1.82, 2.24) is 14.8 Å². The summed E-state index contributed by atoms with van der Waals surface area (Å²) in [5, 5.41) is 3.09. The third kappa shape index (κ3) is 5.27. The number of nitrogens with zero attached hydrogens (tertiary/aromatic N) is 3. The minimum atomic E-state index is -4.44. The summed E-state index contributed by atoms with van der Waals surface area (Å²) in [5.41, 5.74) is -0.824. The standard InChI is InChI=1S/C17H20F6N4O/c18-16(19,20)4-3-15(28)27-6-5-26-9-12(7-13(26)10-27)25-14-2-1-11(8-24-14)17(21,22)23/h1-2,8,12-13H,3-7,9-10H2,(H,24,25)/t12-,13-/m0/s1. The summed E-state index contributed by atoms with van der Waals surface area (Å²) in [7, 11) is 0. The molecule has 1 aromatic rings. The number of amides is 1. The van der Waals surface area contributed by atoms with E-state index >= 15 is 0 Å². The van der Waals surface area contributed by atoms with Gasteiger partial charge in [0.2, 0.25) is 5.91 Å². The Morgan fingerprint density at radius 2 is 1.89 bits per heavy atom. The first-order valence-electron chi connectivity index (χ1n) is 8.89. The Kier molecular flexibility index (Phi) is 5.74. The van der Waals surface area contributed by atoms with Gasteiger partial charge in [-0.25, -0.2) is 4.98 Å². The van der Waals surface area contributed by atoms with E-state index in [1.54, 1.807) is 0 Å². The SMILES string of the molecule is O=C(CCC(F)(F)F)N1CCN2C[C@@H](Nc3ccc(C(F)(F)F)cn3)C[C@H]2C1. The van der Waals surface area contributed by atoms with E-state index in [0.29, 0.717) is 38.4 Å². The van der Waals surface area contributed by atoms with Crippen molar-refractivity contribution in [3.8, 4) is 0 Å². The quantitative estimate of drug-likeness (QED) is 0.775. The van der Waals surface area contributed by atoms with Crippen LogP contribution in [-0.4, -0.2) is 65.1 Å². The van der Waals surface area contributed by atoms with E-state index in [1.807, 2.05) is 0 Å². The lowest BCUT2D eigenvalue weighted by Crippen LogP contribution is -2.52. The highest BCUT2D eigenvalue weighted by atomic mass is 19.4. The Labute approximate surface area is 157 Å². The number of carbonyl (C=O) groups is 1. The van der Waals surface area contributed by atoms with Gasteiger partial charge in [0, 0.05) is 50.9 Å². The minimum absolute atomic E-state index is 0.00975. The highest BCUT2D eigenvalue weighted by Crippen LogP contribution is 2.30. The van der Waals surface area contributed by atoms with Gasteiger partial charge >= 0.3 is 12.4 Å². The number of alkyl halides is 6. The van der Waals surface area contributed by atoms with E-state index < -0.39 is 36.7 Å². The minimum Gasteiger partial charge on any atom is -0.366 e. The first kappa shape index (κ1) is 20.7. The monoisotopic (exact) mass is 410 g/mol. The van der Waals surface area contributed by atoms with E-state index in [9.17, 15) is 31.1 Å². The van der Waals surface area contributed by atoms with Gasteiger partial charge in [-0.15, -0.1) is 0 Å². The van der Waals surface area contributed by atoms with Crippen LogP contribution in [0.3, 0.4) is 0 Å². The van der Waals surface area contributed by atoms with E-state index in [0.717, 1.165) is 12.3 Å². The summed E-state index contributed by atoms with van der Waals surface area (Å²) in [4.78, 5) is 19.4. The maximum Gasteiger partial charge on any atom is 0.417 e.